The predicted molar refractivity (Wildman–Crippen MR) is 95.2 cm³/mol. The Balaban J connectivity index is 1.42. The van der Waals surface area contributed by atoms with Crippen molar-refractivity contribution in [1.29, 1.82) is 0 Å². The third kappa shape index (κ3) is 3.28. The lowest BCUT2D eigenvalue weighted by Gasteiger charge is -2.02. The van der Waals surface area contributed by atoms with Crippen LogP contribution in [0.15, 0.2) is 53.1 Å². The molecular weight excluding hydrogens is 320 g/mol. The number of nitrogens with zero attached hydrogens (tertiary/aromatic N) is 3. The molecule has 6 heteroatoms. The van der Waals surface area contributed by atoms with Gasteiger partial charge in [0.1, 0.15) is 0 Å². The lowest BCUT2D eigenvalue weighted by Crippen LogP contribution is -2.00. The standard InChI is InChI=1S/C18H16N4OS/c1-12-20-15-8-7-14(10-16(15)24-12)19-11-18-21-17(22-23-18)9-13-5-3-2-4-6-13/h2-8,10,19H,9,11H2,1H3. The largest absolute Gasteiger partial charge is 0.376 e. The van der Waals surface area contributed by atoms with Crippen molar-refractivity contribution in [1.82, 2.24) is 15.1 Å². The molecule has 2 aromatic carbocycles. The number of thiazole rings is 1. The van der Waals surface area contributed by atoms with Crippen LogP contribution in [0.25, 0.3) is 10.2 Å². The molecule has 4 rings (SSSR count). The van der Waals surface area contributed by atoms with Crippen LogP contribution >= 0.6 is 11.3 Å². The van der Waals surface area contributed by atoms with Crippen LogP contribution < -0.4 is 5.32 Å². The number of aromatic nitrogens is 3. The molecule has 4 aromatic rings. The van der Waals surface area contributed by atoms with Crippen molar-refractivity contribution in [3.8, 4) is 0 Å². The highest BCUT2D eigenvalue weighted by atomic mass is 32.1. The zero-order chi connectivity index (χ0) is 16.4. The maximum Gasteiger partial charge on any atom is 0.245 e. The molecule has 120 valence electrons. The molecule has 0 radical (unpaired) electrons. The van der Waals surface area contributed by atoms with Crippen LogP contribution in [0.5, 0.6) is 0 Å². The molecule has 2 aromatic heterocycles. The average molecular weight is 336 g/mol. The first-order valence-electron chi connectivity index (χ1n) is 7.73. The minimum Gasteiger partial charge on any atom is -0.376 e. The quantitative estimate of drug-likeness (QED) is 0.592. The Labute approximate surface area is 143 Å². The van der Waals surface area contributed by atoms with Crippen LogP contribution in [-0.2, 0) is 13.0 Å². The summed E-state index contributed by atoms with van der Waals surface area (Å²) in [6.07, 6.45) is 0.677. The van der Waals surface area contributed by atoms with E-state index in [9.17, 15) is 0 Å². The first-order valence-corrected chi connectivity index (χ1v) is 8.54. The van der Waals surface area contributed by atoms with Crippen molar-refractivity contribution < 1.29 is 4.52 Å². The van der Waals surface area contributed by atoms with E-state index in [0.29, 0.717) is 24.7 Å². The molecule has 0 saturated carbocycles. The van der Waals surface area contributed by atoms with Gasteiger partial charge in [0.25, 0.3) is 0 Å². The zero-order valence-electron chi connectivity index (χ0n) is 13.2. The van der Waals surface area contributed by atoms with Gasteiger partial charge in [-0.05, 0) is 30.7 Å². The number of hydrogen-bond acceptors (Lipinski definition) is 6. The van der Waals surface area contributed by atoms with Gasteiger partial charge in [0.05, 0.1) is 21.8 Å². The fourth-order valence-corrected chi connectivity index (χ4v) is 3.41. The molecule has 1 N–H and O–H groups in total. The van der Waals surface area contributed by atoms with Crippen molar-refractivity contribution in [2.75, 3.05) is 5.32 Å². The van der Waals surface area contributed by atoms with Crippen molar-refractivity contribution in [2.24, 2.45) is 0 Å². The van der Waals surface area contributed by atoms with Crippen molar-refractivity contribution >= 4 is 27.2 Å². The lowest BCUT2D eigenvalue weighted by molar-refractivity contribution is 0.378. The van der Waals surface area contributed by atoms with Crippen LogP contribution in [0, 0.1) is 6.92 Å². The number of nitrogens with one attached hydrogen (secondary N) is 1. The highest BCUT2D eigenvalue weighted by Gasteiger charge is 2.08. The first-order chi connectivity index (χ1) is 11.8. The summed E-state index contributed by atoms with van der Waals surface area (Å²) in [5.41, 5.74) is 3.23. The second-order valence-electron chi connectivity index (χ2n) is 5.54. The molecule has 0 aliphatic heterocycles. The van der Waals surface area contributed by atoms with Crippen molar-refractivity contribution in [3.05, 3.63) is 70.8 Å². The third-order valence-corrected chi connectivity index (χ3v) is 4.59. The molecule has 2 heterocycles. The van der Waals surface area contributed by atoms with Crippen LogP contribution in [-0.4, -0.2) is 15.1 Å². The van der Waals surface area contributed by atoms with Crippen molar-refractivity contribution in [3.63, 3.8) is 0 Å². The Bertz CT molecular complexity index is 961. The summed E-state index contributed by atoms with van der Waals surface area (Å²) in [6.45, 7) is 2.52. The zero-order valence-corrected chi connectivity index (χ0v) is 14.0. The Morgan fingerprint density at radius 2 is 1.96 bits per heavy atom. The van der Waals surface area contributed by atoms with Gasteiger partial charge in [-0.15, -0.1) is 11.3 Å². The van der Waals surface area contributed by atoms with E-state index < -0.39 is 0 Å². The third-order valence-electron chi connectivity index (χ3n) is 3.65. The molecule has 0 saturated heterocycles. The minimum absolute atomic E-state index is 0.505. The van der Waals surface area contributed by atoms with E-state index in [1.807, 2.05) is 37.3 Å². The molecule has 24 heavy (non-hydrogen) atoms. The molecule has 5 nitrogen and oxygen atoms in total. The van der Waals surface area contributed by atoms with Gasteiger partial charge in [-0.25, -0.2) is 4.98 Å². The Morgan fingerprint density at radius 1 is 1.08 bits per heavy atom. The summed E-state index contributed by atoms with van der Waals surface area (Å²) in [5, 5.41) is 8.44. The number of benzene rings is 2. The molecule has 0 spiro atoms. The van der Waals surface area contributed by atoms with Gasteiger partial charge in [-0.1, -0.05) is 35.5 Å². The van der Waals surface area contributed by atoms with Crippen LogP contribution in [0.3, 0.4) is 0 Å². The fraction of sp³-hybridized carbons (Fsp3) is 0.167. The number of hydrogen-bond donors (Lipinski definition) is 1. The Morgan fingerprint density at radius 3 is 2.83 bits per heavy atom. The summed E-state index contributed by atoms with van der Waals surface area (Å²) in [4.78, 5) is 8.90. The van der Waals surface area contributed by atoms with Crippen LogP contribution in [0.4, 0.5) is 5.69 Å². The van der Waals surface area contributed by atoms with Crippen LogP contribution in [0.2, 0.25) is 0 Å². The second kappa shape index (κ2) is 6.41. The Hall–Kier alpha value is -2.73. The fourth-order valence-electron chi connectivity index (χ4n) is 2.54. The highest BCUT2D eigenvalue weighted by Crippen LogP contribution is 2.24. The van der Waals surface area contributed by atoms with E-state index in [-0.39, 0.29) is 0 Å². The molecule has 0 fully saturated rings. The number of anilines is 1. The summed E-state index contributed by atoms with van der Waals surface area (Å²) >= 11 is 1.69. The Kier molecular flexibility index (Phi) is 3.96. The maximum absolute atomic E-state index is 5.32. The topological polar surface area (TPSA) is 63.8 Å². The monoisotopic (exact) mass is 336 g/mol. The molecule has 0 atom stereocenters. The van der Waals surface area contributed by atoms with E-state index in [1.54, 1.807) is 11.3 Å². The second-order valence-corrected chi connectivity index (χ2v) is 6.77. The van der Waals surface area contributed by atoms with Gasteiger partial charge in [0.15, 0.2) is 5.82 Å². The van der Waals surface area contributed by atoms with E-state index in [0.717, 1.165) is 16.2 Å². The smallest absolute Gasteiger partial charge is 0.245 e. The summed E-state index contributed by atoms with van der Waals surface area (Å²) in [7, 11) is 0. The van der Waals surface area contributed by atoms with Gasteiger partial charge in [-0.2, -0.15) is 4.98 Å². The molecular formula is C18H16N4OS. The lowest BCUT2D eigenvalue weighted by atomic mass is 10.1. The van der Waals surface area contributed by atoms with Gasteiger partial charge in [0, 0.05) is 12.1 Å². The van der Waals surface area contributed by atoms with E-state index in [2.05, 4.69) is 38.6 Å². The van der Waals surface area contributed by atoms with Crippen molar-refractivity contribution in [2.45, 2.75) is 19.9 Å². The summed E-state index contributed by atoms with van der Waals surface area (Å²) in [6, 6.07) is 16.3. The molecule has 0 amide bonds. The average Bonchev–Trinajstić information content (AvgIpc) is 3.18. The van der Waals surface area contributed by atoms with E-state index in [1.165, 1.54) is 10.3 Å². The molecule has 0 bridgehead atoms. The predicted octanol–water partition coefficient (Wildman–Crippen LogP) is 4.19. The number of aryl methyl sites for hydroxylation is 1. The normalized spacial score (nSPS) is 11.0. The SMILES string of the molecule is Cc1nc2ccc(NCc3nc(Cc4ccccc4)no3)cc2s1. The van der Waals surface area contributed by atoms with Gasteiger partial charge >= 0.3 is 0 Å². The number of rotatable bonds is 5. The summed E-state index contributed by atoms with van der Waals surface area (Å²) < 4.78 is 6.49. The van der Waals surface area contributed by atoms with Gasteiger partial charge in [0.2, 0.25) is 5.89 Å². The highest BCUT2D eigenvalue weighted by molar-refractivity contribution is 7.18. The maximum atomic E-state index is 5.32. The number of fused-ring (bicyclic) bond motifs is 1. The molecule has 0 aliphatic carbocycles. The first kappa shape index (κ1) is 14.8. The van der Waals surface area contributed by atoms with Gasteiger partial charge in [-0.3, -0.25) is 0 Å². The van der Waals surface area contributed by atoms with Gasteiger partial charge < -0.3 is 9.84 Å². The summed E-state index contributed by atoms with van der Waals surface area (Å²) in [5.74, 6) is 1.29. The minimum atomic E-state index is 0.505. The van der Waals surface area contributed by atoms with Crippen LogP contribution in [0.1, 0.15) is 22.3 Å². The van der Waals surface area contributed by atoms with E-state index in [4.69, 9.17) is 4.52 Å². The van der Waals surface area contributed by atoms with E-state index >= 15 is 0 Å². The molecule has 0 aliphatic rings. The molecule has 0 unspecified atom stereocenters.